The van der Waals surface area contributed by atoms with Gasteiger partial charge in [0.1, 0.15) is 0 Å². The first kappa shape index (κ1) is 18.3. The molecule has 1 atom stereocenters. The summed E-state index contributed by atoms with van der Waals surface area (Å²) >= 11 is 0. The maximum atomic E-state index is 12.5. The molecule has 0 bridgehead atoms. The summed E-state index contributed by atoms with van der Waals surface area (Å²) in [6.07, 6.45) is 5.63. The molecule has 2 heterocycles. The summed E-state index contributed by atoms with van der Waals surface area (Å²) in [6, 6.07) is 8.97. The first-order valence-corrected chi connectivity index (χ1v) is 9.05. The summed E-state index contributed by atoms with van der Waals surface area (Å²) in [7, 11) is 0. The van der Waals surface area contributed by atoms with Crippen LogP contribution in [-0.2, 0) is 17.8 Å². The van der Waals surface area contributed by atoms with E-state index in [1.54, 1.807) is 23.0 Å². The molecule has 0 saturated heterocycles. The van der Waals surface area contributed by atoms with Crippen LogP contribution >= 0.6 is 0 Å². The number of aliphatic hydroxyl groups excluding tert-OH is 1. The monoisotopic (exact) mass is 355 g/mol. The van der Waals surface area contributed by atoms with Crippen LogP contribution in [0, 0.1) is 12.8 Å². The molecule has 2 aromatic rings. The minimum Gasteiger partial charge on any atom is -0.393 e. The van der Waals surface area contributed by atoms with Crippen molar-refractivity contribution in [1.82, 2.24) is 14.9 Å². The molecule has 3 rings (SSSR count). The zero-order valence-electron chi connectivity index (χ0n) is 15.0. The Morgan fingerprint density at radius 3 is 2.69 bits per heavy atom. The predicted octanol–water partition coefficient (Wildman–Crippen LogP) is 1.44. The van der Waals surface area contributed by atoms with E-state index in [1.165, 1.54) is 6.07 Å². The third-order valence-corrected chi connectivity index (χ3v) is 5.10. The summed E-state index contributed by atoms with van der Waals surface area (Å²) in [5, 5.41) is 12.7. The van der Waals surface area contributed by atoms with Gasteiger partial charge in [0.05, 0.1) is 6.10 Å². The number of nitrogens with zero attached hydrogens (tertiary/aromatic N) is 2. The van der Waals surface area contributed by atoms with Crippen molar-refractivity contribution in [1.29, 1.82) is 0 Å². The number of carbonyl (C=O) groups excluding carboxylic acids is 1. The first-order valence-electron chi connectivity index (χ1n) is 9.05. The van der Waals surface area contributed by atoms with Gasteiger partial charge in [-0.3, -0.25) is 14.6 Å². The van der Waals surface area contributed by atoms with Crippen LogP contribution in [-0.4, -0.2) is 32.7 Å². The van der Waals surface area contributed by atoms with Crippen LogP contribution in [0.15, 0.2) is 47.5 Å². The smallest absolute Gasteiger partial charge is 0.250 e. The van der Waals surface area contributed by atoms with Crippen molar-refractivity contribution in [2.75, 3.05) is 0 Å². The van der Waals surface area contributed by atoms with Gasteiger partial charge in [-0.15, -0.1) is 0 Å². The minimum atomic E-state index is -0.262. The summed E-state index contributed by atoms with van der Waals surface area (Å²) in [5.41, 5.74) is 1.87. The number of amides is 1. The van der Waals surface area contributed by atoms with Crippen molar-refractivity contribution in [2.45, 2.75) is 51.3 Å². The predicted molar refractivity (Wildman–Crippen MR) is 98.7 cm³/mol. The molecule has 2 N–H and O–H groups in total. The van der Waals surface area contributed by atoms with Gasteiger partial charge in [-0.05, 0) is 55.9 Å². The lowest BCUT2D eigenvalue weighted by Crippen LogP contribution is -2.48. The van der Waals surface area contributed by atoms with Crippen molar-refractivity contribution in [3.63, 3.8) is 0 Å². The Hall–Kier alpha value is -2.47. The van der Waals surface area contributed by atoms with Crippen LogP contribution < -0.4 is 10.9 Å². The summed E-state index contributed by atoms with van der Waals surface area (Å²) in [5.74, 6) is 0.212. The van der Waals surface area contributed by atoms with E-state index in [-0.39, 0.29) is 36.0 Å². The van der Waals surface area contributed by atoms with E-state index >= 15 is 0 Å². The van der Waals surface area contributed by atoms with Gasteiger partial charge in [-0.25, -0.2) is 0 Å². The maximum absolute atomic E-state index is 12.5. The number of hydrogen-bond donors (Lipinski definition) is 2. The molecule has 0 unspecified atom stereocenters. The van der Waals surface area contributed by atoms with E-state index in [0.717, 1.165) is 17.7 Å². The van der Waals surface area contributed by atoms with E-state index in [2.05, 4.69) is 10.3 Å². The Labute approximate surface area is 152 Å². The van der Waals surface area contributed by atoms with E-state index in [9.17, 15) is 14.7 Å². The fourth-order valence-corrected chi connectivity index (χ4v) is 3.47. The number of aryl methyl sites for hydroxylation is 1. The third-order valence-electron chi connectivity index (χ3n) is 5.10. The highest BCUT2D eigenvalue weighted by Crippen LogP contribution is 2.31. The second-order valence-electron chi connectivity index (χ2n) is 7.03. The summed E-state index contributed by atoms with van der Waals surface area (Å²) in [4.78, 5) is 28.4. The van der Waals surface area contributed by atoms with Crippen molar-refractivity contribution >= 4 is 5.91 Å². The van der Waals surface area contributed by atoms with Gasteiger partial charge in [0.15, 0.2) is 0 Å². The van der Waals surface area contributed by atoms with Gasteiger partial charge in [-0.1, -0.05) is 6.07 Å². The molecule has 138 valence electrons. The molecule has 1 amide bonds. The molecule has 6 nitrogen and oxygen atoms in total. The number of pyridine rings is 2. The van der Waals surface area contributed by atoms with E-state index in [0.29, 0.717) is 19.4 Å². The molecule has 26 heavy (non-hydrogen) atoms. The second-order valence-corrected chi connectivity index (χ2v) is 7.03. The average molecular weight is 355 g/mol. The van der Waals surface area contributed by atoms with Gasteiger partial charge in [0.25, 0.3) is 5.56 Å². The number of hydrogen-bond acceptors (Lipinski definition) is 4. The normalized spacial score (nSPS) is 20.2. The molecular formula is C20H25N3O3. The molecule has 0 spiro atoms. The number of nitrogens with one attached hydrogen (secondary N) is 1. The van der Waals surface area contributed by atoms with E-state index < -0.39 is 0 Å². The molecule has 1 fully saturated rings. The van der Waals surface area contributed by atoms with Crippen LogP contribution in [0.4, 0.5) is 0 Å². The van der Waals surface area contributed by atoms with Crippen molar-refractivity contribution in [3.05, 3.63) is 64.3 Å². The van der Waals surface area contributed by atoms with Crippen molar-refractivity contribution in [3.8, 4) is 0 Å². The highest BCUT2D eigenvalue weighted by molar-refractivity contribution is 5.76. The summed E-state index contributed by atoms with van der Waals surface area (Å²) in [6.45, 7) is 2.23. The van der Waals surface area contributed by atoms with Crippen LogP contribution in [0.2, 0.25) is 0 Å². The van der Waals surface area contributed by atoms with E-state index in [4.69, 9.17) is 0 Å². The number of carbonyl (C=O) groups is 1. The van der Waals surface area contributed by atoms with Gasteiger partial charge in [0, 0.05) is 43.2 Å². The molecule has 6 heteroatoms. The Balaban J connectivity index is 1.61. The molecule has 0 aromatic carbocycles. The molecular weight excluding hydrogens is 330 g/mol. The Morgan fingerprint density at radius 2 is 2.04 bits per heavy atom. The average Bonchev–Trinajstić information content (AvgIpc) is 2.59. The molecule has 0 aliphatic heterocycles. The SMILES string of the molecule is Cc1cccc(=O)n1CCC(=O)N[C@@H](Cc1ccncc1)C1CC(O)C1. The fraction of sp³-hybridized carbons (Fsp3) is 0.450. The zero-order chi connectivity index (χ0) is 18.5. The molecule has 2 aromatic heterocycles. The lowest BCUT2D eigenvalue weighted by atomic mass is 9.75. The largest absolute Gasteiger partial charge is 0.393 e. The molecule has 1 aliphatic carbocycles. The van der Waals surface area contributed by atoms with Gasteiger partial charge >= 0.3 is 0 Å². The zero-order valence-corrected chi connectivity index (χ0v) is 15.0. The van der Waals surface area contributed by atoms with E-state index in [1.807, 2.05) is 25.1 Å². The van der Waals surface area contributed by atoms with Crippen LogP contribution in [0.25, 0.3) is 0 Å². The highest BCUT2D eigenvalue weighted by atomic mass is 16.3. The lowest BCUT2D eigenvalue weighted by Gasteiger charge is -2.38. The van der Waals surface area contributed by atoms with Gasteiger partial charge < -0.3 is 15.0 Å². The van der Waals surface area contributed by atoms with Crippen LogP contribution in [0.5, 0.6) is 0 Å². The standard InChI is InChI=1S/C20H25N3O3/c1-14-3-2-4-20(26)23(14)10-7-19(25)22-18(16-12-17(24)13-16)11-15-5-8-21-9-6-15/h2-6,8-9,16-18,24H,7,10-13H2,1H3,(H,22,25)/t16?,17?,18-/m0/s1. The van der Waals surface area contributed by atoms with Gasteiger partial charge in [-0.2, -0.15) is 0 Å². The Bertz CT molecular complexity index is 797. The fourth-order valence-electron chi connectivity index (χ4n) is 3.47. The third kappa shape index (κ3) is 4.58. The lowest BCUT2D eigenvalue weighted by molar-refractivity contribution is -0.123. The Kier molecular flexibility index (Phi) is 5.83. The summed E-state index contributed by atoms with van der Waals surface area (Å²) < 4.78 is 1.62. The van der Waals surface area contributed by atoms with Crippen molar-refractivity contribution < 1.29 is 9.90 Å². The van der Waals surface area contributed by atoms with Crippen molar-refractivity contribution in [2.24, 2.45) is 5.92 Å². The topological polar surface area (TPSA) is 84.2 Å². The maximum Gasteiger partial charge on any atom is 0.250 e. The number of aromatic nitrogens is 2. The van der Waals surface area contributed by atoms with Crippen LogP contribution in [0.3, 0.4) is 0 Å². The molecule has 0 radical (unpaired) electrons. The Morgan fingerprint density at radius 1 is 1.31 bits per heavy atom. The second kappa shape index (κ2) is 8.27. The number of rotatable bonds is 7. The molecule has 1 saturated carbocycles. The van der Waals surface area contributed by atoms with Crippen LogP contribution in [0.1, 0.15) is 30.5 Å². The van der Waals surface area contributed by atoms with Gasteiger partial charge in [0.2, 0.25) is 5.91 Å². The number of aliphatic hydroxyl groups is 1. The molecule has 1 aliphatic rings. The first-order chi connectivity index (χ1) is 12.5. The quantitative estimate of drug-likeness (QED) is 0.787. The highest BCUT2D eigenvalue weighted by Gasteiger charge is 2.34. The minimum absolute atomic E-state index is 0.0121.